The molecule has 0 spiro atoms. The molecule has 2 heterocycles. The SMILES string of the molecule is CCn1nccc1CN(CCO)C(=O)Nc1cc(N(C)C)ncn1. The smallest absolute Gasteiger partial charge is 0.323 e. The Labute approximate surface area is 140 Å². The molecule has 0 aliphatic heterocycles. The highest BCUT2D eigenvalue weighted by Gasteiger charge is 2.16. The lowest BCUT2D eigenvalue weighted by molar-refractivity contribution is 0.183. The molecule has 0 fully saturated rings. The Kier molecular flexibility index (Phi) is 6.07. The topological polar surface area (TPSA) is 99.4 Å². The van der Waals surface area contributed by atoms with E-state index in [1.807, 2.05) is 36.7 Å². The Balaban J connectivity index is 2.10. The van der Waals surface area contributed by atoms with Crippen LogP contribution in [0.2, 0.25) is 0 Å². The summed E-state index contributed by atoms with van der Waals surface area (Å²) in [5, 5.41) is 16.2. The van der Waals surface area contributed by atoms with Crippen LogP contribution in [0, 0.1) is 0 Å². The van der Waals surface area contributed by atoms with Gasteiger partial charge in [0.05, 0.1) is 18.8 Å². The van der Waals surface area contributed by atoms with Gasteiger partial charge in [-0.1, -0.05) is 0 Å². The molecule has 2 aromatic heterocycles. The standard InChI is InChI=1S/C15H23N7O2/c1-4-22-12(5-6-18-22)10-21(7-8-23)15(24)19-13-9-14(20(2)3)17-11-16-13/h5-6,9,11,23H,4,7-8,10H2,1-3H3,(H,16,17,19,24). The summed E-state index contributed by atoms with van der Waals surface area (Å²) in [6.07, 6.45) is 3.09. The largest absolute Gasteiger partial charge is 0.395 e. The van der Waals surface area contributed by atoms with Gasteiger partial charge in [0.15, 0.2) is 0 Å². The molecule has 0 saturated heterocycles. The van der Waals surface area contributed by atoms with E-state index < -0.39 is 0 Å². The molecule has 0 unspecified atom stereocenters. The van der Waals surface area contributed by atoms with Crippen LogP contribution in [0.1, 0.15) is 12.6 Å². The molecular formula is C15H23N7O2. The number of hydrogen-bond acceptors (Lipinski definition) is 6. The number of carbonyl (C=O) groups excluding carboxylic acids is 1. The van der Waals surface area contributed by atoms with Crippen LogP contribution in [0.5, 0.6) is 0 Å². The van der Waals surface area contributed by atoms with Crippen molar-refractivity contribution in [3.05, 3.63) is 30.4 Å². The molecule has 0 atom stereocenters. The van der Waals surface area contributed by atoms with Gasteiger partial charge >= 0.3 is 6.03 Å². The Morgan fingerprint density at radius 2 is 2.17 bits per heavy atom. The van der Waals surface area contributed by atoms with Crippen molar-refractivity contribution in [2.45, 2.75) is 20.0 Å². The monoisotopic (exact) mass is 333 g/mol. The molecule has 2 N–H and O–H groups in total. The van der Waals surface area contributed by atoms with E-state index in [4.69, 9.17) is 0 Å². The van der Waals surface area contributed by atoms with Crippen LogP contribution in [0.25, 0.3) is 0 Å². The zero-order valence-electron chi connectivity index (χ0n) is 14.2. The van der Waals surface area contributed by atoms with Crippen molar-refractivity contribution in [1.82, 2.24) is 24.6 Å². The lowest BCUT2D eigenvalue weighted by atomic mass is 10.3. The summed E-state index contributed by atoms with van der Waals surface area (Å²) in [4.78, 5) is 24.0. The van der Waals surface area contributed by atoms with Crippen molar-refractivity contribution in [3.63, 3.8) is 0 Å². The fourth-order valence-corrected chi connectivity index (χ4v) is 2.20. The van der Waals surface area contributed by atoms with E-state index in [1.54, 1.807) is 12.3 Å². The highest BCUT2D eigenvalue weighted by Crippen LogP contribution is 2.12. The number of nitrogens with one attached hydrogen (secondary N) is 1. The molecule has 9 nitrogen and oxygen atoms in total. The van der Waals surface area contributed by atoms with E-state index in [0.717, 1.165) is 12.2 Å². The lowest BCUT2D eigenvalue weighted by Crippen LogP contribution is -2.37. The third-order valence-electron chi connectivity index (χ3n) is 3.46. The number of urea groups is 1. The van der Waals surface area contributed by atoms with Gasteiger partial charge in [0, 0.05) is 39.4 Å². The van der Waals surface area contributed by atoms with E-state index in [0.29, 0.717) is 18.2 Å². The van der Waals surface area contributed by atoms with Gasteiger partial charge in [-0.2, -0.15) is 5.10 Å². The number of aliphatic hydroxyl groups excluding tert-OH is 1. The van der Waals surface area contributed by atoms with Crippen LogP contribution in [0.3, 0.4) is 0 Å². The van der Waals surface area contributed by atoms with E-state index in [9.17, 15) is 9.90 Å². The first kappa shape index (κ1) is 17.7. The number of hydrogen-bond donors (Lipinski definition) is 2. The van der Waals surface area contributed by atoms with Crippen molar-refractivity contribution in [2.24, 2.45) is 0 Å². The van der Waals surface area contributed by atoms with Gasteiger partial charge in [-0.05, 0) is 13.0 Å². The molecule has 0 saturated carbocycles. The Hall–Kier alpha value is -2.68. The van der Waals surface area contributed by atoms with E-state index in [2.05, 4.69) is 20.4 Å². The predicted octanol–water partition coefficient (Wildman–Crippen LogP) is 0.785. The molecule has 2 aromatic rings. The maximum Gasteiger partial charge on any atom is 0.323 e. The number of aromatic nitrogens is 4. The summed E-state index contributed by atoms with van der Waals surface area (Å²) in [6.45, 7) is 3.14. The van der Waals surface area contributed by atoms with Crippen molar-refractivity contribution >= 4 is 17.7 Å². The maximum absolute atomic E-state index is 12.5. The minimum Gasteiger partial charge on any atom is -0.395 e. The summed E-state index contributed by atoms with van der Waals surface area (Å²) < 4.78 is 1.81. The summed E-state index contributed by atoms with van der Waals surface area (Å²) in [6, 6.07) is 3.21. The van der Waals surface area contributed by atoms with Crippen LogP contribution in [-0.2, 0) is 13.1 Å². The first-order chi connectivity index (χ1) is 11.5. The molecule has 130 valence electrons. The second-order valence-corrected chi connectivity index (χ2v) is 5.37. The fourth-order valence-electron chi connectivity index (χ4n) is 2.20. The maximum atomic E-state index is 12.5. The van der Waals surface area contributed by atoms with Crippen LogP contribution in [0.4, 0.5) is 16.4 Å². The average molecular weight is 333 g/mol. The van der Waals surface area contributed by atoms with Gasteiger partial charge in [0.1, 0.15) is 18.0 Å². The molecule has 0 aliphatic rings. The highest BCUT2D eigenvalue weighted by molar-refractivity contribution is 5.88. The van der Waals surface area contributed by atoms with Crippen LogP contribution in [0.15, 0.2) is 24.7 Å². The van der Waals surface area contributed by atoms with Crippen molar-refractivity contribution in [3.8, 4) is 0 Å². The molecular weight excluding hydrogens is 310 g/mol. The van der Waals surface area contributed by atoms with Crippen LogP contribution < -0.4 is 10.2 Å². The van der Waals surface area contributed by atoms with Gasteiger partial charge in [0.2, 0.25) is 0 Å². The summed E-state index contributed by atoms with van der Waals surface area (Å²) in [5.74, 6) is 1.10. The Morgan fingerprint density at radius 3 is 2.83 bits per heavy atom. The molecule has 0 aliphatic carbocycles. The summed E-state index contributed by atoms with van der Waals surface area (Å²) in [5.41, 5.74) is 0.901. The second kappa shape index (κ2) is 8.25. The van der Waals surface area contributed by atoms with Gasteiger partial charge < -0.3 is 14.9 Å². The first-order valence-corrected chi connectivity index (χ1v) is 7.72. The van der Waals surface area contributed by atoms with Crippen LogP contribution in [-0.4, -0.2) is 63.0 Å². The fraction of sp³-hybridized carbons (Fsp3) is 0.467. The molecule has 2 amide bonds. The number of carbonyl (C=O) groups is 1. The average Bonchev–Trinajstić information content (AvgIpc) is 3.02. The number of anilines is 2. The Bertz CT molecular complexity index is 671. The first-order valence-electron chi connectivity index (χ1n) is 7.72. The number of aryl methyl sites for hydroxylation is 1. The number of aliphatic hydroxyl groups is 1. The summed E-state index contributed by atoms with van der Waals surface area (Å²) >= 11 is 0. The van der Waals surface area contributed by atoms with E-state index in [-0.39, 0.29) is 19.2 Å². The Morgan fingerprint density at radius 1 is 1.38 bits per heavy atom. The predicted molar refractivity (Wildman–Crippen MR) is 90.8 cm³/mol. The van der Waals surface area contributed by atoms with E-state index in [1.165, 1.54) is 11.2 Å². The molecule has 0 radical (unpaired) electrons. The van der Waals surface area contributed by atoms with E-state index >= 15 is 0 Å². The zero-order valence-corrected chi connectivity index (χ0v) is 14.2. The highest BCUT2D eigenvalue weighted by atomic mass is 16.3. The van der Waals surface area contributed by atoms with Gasteiger partial charge in [-0.3, -0.25) is 10.00 Å². The van der Waals surface area contributed by atoms with Gasteiger partial charge in [-0.15, -0.1) is 0 Å². The lowest BCUT2D eigenvalue weighted by Gasteiger charge is -2.22. The molecule has 0 aromatic carbocycles. The molecule has 24 heavy (non-hydrogen) atoms. The third kappa shape index (κ3) is 4.42. The minimum absolute atomic E-state index is 0.125. The molecule has 2 rings (SSSR count). The minimum atomic E-state index is -0.337. The molecule has 9 heteroatoms. The second-order valence-electron chi connectivity index (χ2n) is 5.37. The van der Waals surface area contributed by atoms with Crippen molar-refractivity contribution in [1.29, 1.82) is 0 Å². The van der Waals surface area contributed by atoms with Crippen molar-refractivity contribution < 1.29 is 9.90 Å². The number of nitrogens with zero attached hydrogens (tertiary/aromatic N) is 6. The quantitative estimate of drug-likeness (QED) is 0.777. The number of rotatable bonds is 7. The number of amides is 2. The van der Waals surface area contributed by atoms with Gasteiger partial charge in [-0.25, -0.2) is 14.8 Å². The molecule has 0 bridgehead atoms. The van der Waals surface area contributed by atoms with Crippen molar-refractivity contribution in [2.75, 3.05) is 37.5 Å². The zero-order chi connectivity index (χ0) is 17.5. The van der Waals surface area contributed by atoms with Gasteiger partial charge in [0.25, 0.3) is 0 Å². The third-order valence-corrected chi connectivity index (χ3v) is 3.46. The summed E-state index contributed by atoms with van der Waals surface area (Å²) in [7, 11) is 3.72. The van der Waals surface area contributed by atoms with Crippen LogP contribution >= 0.6 is 0 Å². The normalized spacial score (nSPS) is 10.5.